The average Bonchev–Trinajstić information content (AvgIpc) is 2.90. The van der Waals surface area contributed by atoms with Crippen molar-refractivity contribution in [3.05, 3.63) is 105 Å². The smallest absolute Gasteiger partial charge is 0.260 e. The molecular weight excluding hydrogens is 484 g/mol. The summed E-state index contributed by atoms with van der Waals surface area (Å²) >= 11 is 0. The predicted molar refractivity (Wildman–Crippen MR) is 165 cm³/mol. The van der Waals surface area contributed by atoms with Gasteiger partial charge in [0.05, 0.1) is 17.7 Å². The third kappa shape index (κ3) is 9.78. The lowest BCUT2D eigenvalue weighted by Crippen LogP contribution is -2.31. The number of nitrogens with zero attached hydrogens (tertiary/aromatic N) is 1. The van der Waals surface area contributed by atoms with Crippen molar-refractivity contribution < 1.29 is 4.79 Å². The first-order valence-electron chi connectivity index (χ1n) is 13.9. The molecule has 1 heterocycles. The highest BCUT2D eigenvalue weighted by atomic mass is 16.2. The largest absolute Gasteiger partial charge is 0.388 e. The molecule has 2 aromatic rings. The Morgan fingerprint density at radius 2 is 1.97 bits per heavy atom. The SMILES string of the molecule is C/C=C\N/C=C(\C)CCNC(=O)c1cc(/C(=C/CCC)NC)c(=O)n(Cc2cccc(C)c2/C=C\C(C)C)c1. The Hall–Kier alpha value is -3.80. The minimum Gasteiger partial charge on any atom is -0.388 e. The zero-order chi connectivity index (χ0) is 28.8. The van der Waals surface area contributed by atoms with Crippen LogP contribution in [0.5, 0.6) is 0 Å². The van der Waals surface area contributed by atoms with Crippen LogP contribution < -0.4 is 21.5 Å². The van der Waals surface area contributed by atoms with Gasteiger partial charge in [-0.25, -0.2) is 0 Å². The Balaban J connectivity index is 2.48. The molecule has 0 radical (unpaired) electrons. The number of carbonyl (C=O) groups excluding carboxylic acids is 1. The van der Waals surface area contributed by atoms with E-state index in [1.165, 1.54) is 0 Å². The molecule has 0 saturated carbocycles. The number of pyridine rings is 1. The first kappa shape index (κ1) is 31.4. The van der Waals surface area contributed by atoms with Gasteiger partial charge in [0.1, 0.15) is 0 Å². The van der Waals surface area contributed by atoms with E-state index < -0.39 is 0 Å². The maximum atomic E-state index is 13.7. The minimum absolute atomic E-state index is 0.127. The lowest BCUT2D eigenvalue weighted by molar-refractivity contribution is 0.0953. The molecule has 6 heteroatoms. The first-order valence-corrected chi connectivity index (χ1v) is 13.9. The molecule has 0 aliphatic rings. The van der Waals surface area contributed by atoms with Crippen molar-refractivity contribution in [3.63, 3.8) is 0 Å². The van der Waals surface area contributed by atoms with Gasteiger partial charge < -0.3 is 20.5 Å². The van der Waals surface area contributed by atoms with E-state index in [2.05, 4.69) is 67.9 Å². The fraction of sp³-hybridized carbons (Fsp3) is 0.394. The van der Waals surface area contributed by atoms with E-state index in [0.29, 0.717) is 30.1 Å². The van der Waals surface area contributed by atoms with E-state index in [1.807, 2.05) is 51.5 Å². The maximum absolute atomic E-state index is 13.7. The summed E-state index contributed by atoms with van der Waals surface area (Å²) in [6.45, 7) is 13.3. The monoisotopic (exact) mass is 530 g/mol. The molecule has 0 saturated heterocycles. The summed E-state index contributed by atoms with van der Waals surface area (Å²) in [7, 11) is 1.81. The molecule has 0 atom stereocenters. The zero-order valence-electron chi connectivity index (χ0n) is 24.7. The van der Waals surface area contributed by atoms with Gasteiger partial charge in [0.15, 0.2) is 0 Å². The van der Waals surface area contributed by atoms with E-state index >= 15 is 0 Å². The van der Waals surface area contributed by atoms with E-state index in [0.717, 1.165) is 47.2 Å². The van der Waals surface area contributed by atoms with Gasteiger partial charge in [-0.05, 0) is 74.7 Å². The van der Waals surface area contributed by atoms with Crippen LogP contribution in [0.3, 0.4) is 0 Å². The lowest BCUT2D eigenvalue weighted by Gasteiger charge is -2.16. The molecule has 2 rings (SSSR count). The summed E-state index contributed by atoms with van der Waals surface area (Å²) in [5, 5.41) is 9.29. The molecular formula is C33H46N4O2. The zero-order valence-corrected chi connectivity index (χ0v) is 24.7. The standard InChI is InChI=1S/C33H46N4O2/c1-8-10-14-31(34-7)30-20-28(32(38)36-19-17-25(5)21-35-18-9-2)23-37(33(30)39)22-27-13-11-12-26(6)29(27)16-15-24(3)4/h9,11-16,18,20-21,23-24,34-35H,8,10,17,19,22H2,1-7H3,(H,36,38)/b16-15-,18-9-,25-21+,31-14-. The number of benzene rings is 1. The van der Waals surface area contributed by atoms with Crippen molar-refractivity contribution in [3.8, 4) is 0 Å². The molecule has 3 N–H and O–H groups in total. The fourth-order valence-corrected chi connectivity index (χ4v) is 4.13. The van der Waals surface area contributed by atoms with Crippen molar-refractivity contribution in [2.24, 2.45) is 5.92 Å². The highest BCUT2D eigenvalue weighted by Crippen LogP contribution is 2.19. The van der Waals surface area contributed by atoms with Crippen LogP contribution in [-0.2, 0) is 6.54 Å². The van der Waals surface area contributed by atoms with Crippen LogP contribution in [0.1, 0.15) is 86.5 Å². The molecule has 1 aromatic heterocycles. The van der Waals surface area contributed by atoms with E-state index in [4.69, 9.17) is 0 Å². The Morgan fingerprint density at radius 1 is 1.21 bits per heavy atom. The molecule has 0 fully saturated rings. The molecule has 0 aliphatic heterocycles. The van der Waals surface area contributed by atoms with E-state index in [9.17, 15) is 9.59 Å². The van der Waals surface area contributed by atoms with Crippen LogP contribution in [0.25, 0.3) is 11.8 Å². The molecule has 1 amide bonds. The third-order valence-corrected chi connectivity index (χ3v) is 6.35. The molecule has 0 unspecified atom stereocenters. The number of amides is 1. The van der Waals surface area contributed by atoms with Gasteiger partial charge in [-0.2, -0.15) is 0 Å². The molecule has 0 bridgehead atoms. The van der Waals surface area contributed by atoms with Crippen LogP contribution in [0.15, 0.2) is 71.5 Å². The molecule has 0 spiro atoms. The number of hydrogen-bond acceptors (Lipinski definition) is 4. The summed E-state index contributed by atoms with van der Waals surface area (Å²) in [4.78, 5) is 27.0. The molecule has 210 valence electrons. The first-order chi connectivity index (χ1) is 18.7. The van der Waals surface area contributed by atoms with Gasteiger partial charge in [0.25, 0.3) is 11.5 Å². The fourth-order valence-electron chi connectivity index (χ4n) is 4.13. The number of aryl methyl sites for hydroxylation is 1. The average molecular weight is 531 g/mol. The van der Waals surface area contributed by atoms with Crippen molar-refractivity contribution in [1.29, 1.82) is 0 Å². The normalized spacial score (nSPS) is 12.5. The summed E-state index contributed by atoms with van der Waals surface area (Å²) < 4.78 is 1.66. The number of aromatic nitrogens is 1. The van der Waals surface area contributed by atoms with Crippen LogP contribution in [0.2, 0.25) is 0 Å². The van der Waals surface area contributed by atoms with Crippen molar-refractivity contribution >= 4 is 17.7 Å². The number of unbranched alkanes of at least 4 members (excludes halogenated alkanes) is 1. The second kappa shape index (κ2) is 16.2. The van der Waals surface area contributed by atoms with E-state index in [1.54, 1.807) is 16.8 Å². The number of rotatable bonds is 14. The Morgan fingerprint density at radius 3 is 2.64 bits per heavy atom. The van der Waals surface area contributed by atoms with Gasteiger partial charge in [-0.15, -0.1) is 0 Å². The summed E-state index contributed by atoms with van der Waals surface area (Å²) in [5.41, 5.74) is 5.99. The number of carbonyl (C=O) groups is 1. The highest BCUT2D eigenvalue weighted by Gasteiger charge is 2.16. The van der Waals surface area contributed by atoms with Gasteiger partial charge in [0, 0.05) is 25.5 Å². The van der Waals surface area contributed by atoms with Gasteiger partial charge in [-0.3, -0.25) is 9.59 Å². The summed E-state index contributed by atoms with van der Waals surface area (Å²) in [6, 6.07) is 7.85. The van der Waals surface area contributed by atoms with Gasteiger partial charge in [-0.1, -0.05) is 75.3 Å². The second-order valence-electron chi connectivity index (χ2n) is 10.1. The number of hydrogen-bond donors (Lipinski definition) is 3. The number of allylic oxidation sites excluding steroid dienone is 3. The number of nitrogens with one attached hydrogen (secondary N) is 3. The molecule has 39 heavy (non-hydrogen) atoms. The van der Waals surface area contributed by atoms with Gasteiger partial charge >= 0.3 is 0 Å². The van der Waals surface area contributed by atoms with Crippen LogP contribution in [0, 0.1) is 12.8 Å². The lowest BCUT2D eigenvalue weighted by atomic mass is 9.99. The van der Waals surface area contributed by atoms with Crippen molar-refractivity contribution in [1.82, 2.24) is 20.5 Å². The second-order valence-corrected chi connectivity index (χ2v) is 10.1. The minimum atomic E-state index is -0.200. The van der Waals surface area contributed by atoms with Crippen LogP contribution in [0.4, 0.5) is 0 Å². The van der Waals surface area contributed by atoms with E-state index in [-0.39, 0.29) is 11.5 Å². The van der Waals surface area contributed by atoms with Crippen LogP contribution in [-0.4, -0.2) is 24.1 Å². The van der Waals surface area contributed by atoms with Crippen molar-refractivity contribution in [2.75, 3.05) is 13.6 Å². The van der Waals surface area contributed by atoms with Crippen molar-refractivity contribution in [2.45, 2.75) is 67.3 Å². The highest BCUT2D eigenvalue weighted by molar-refractivity contribution is 5.94. The summed E-state index contributed by atoms with van der Waals surface area (Å²) in [5.74, 6) is 0.215. The predicted octanol–water partition coefficient (Wildman–Crippen LogP) is 6.38. The summed E-state index contributed by atoms with van der Waals surface area (Å²) in [6.07, 6.45) is 16.2. The topological polar surface area (TPSA) is 75.2 Å². The Kier molecular flexibility index (Phi) is 13.1. The maximum Gasteiger partial charge on any atom is 0.260 e. The molecule has 6 nitrogen and oxygen atoms in total. The van der Waals surface area contributed by atoms with Gasteiger partial charge in [0.2, 0.25) is 0 Å². The Labute approximate surface area is 234 Å². The molecule has 0 aliphatic carbocycles. The molecule has 1 aromatic carbocycles. The quantitative estimate of drug-likeness (QED) is 0.265. The third-order valence-electron chi connectivity index (χ3n) is 6.35. The Bertz CT molecular complexity index is 1280. The van der Waals surface area contributed by atoms with Crippen LogP contribution >= 0.6 is 0 Å².